The Bertz CT molecular complexity index is 872. The zero-order valence-electron chi connectivity index (χ0n) is 15.0. The Balaban J connectivity index is 2.37. The summed E-state index contributed by atoms with van der Waals surface area (Å²) in [6.45, 7) is 7.16. The number of rotatable bonds is 6. The lowest BCUT2D eigenvalue weighted by molar-refractivity contribution is -0.114. The van der Waals surface area contributed by atoms with Crippen LogP contribution in [0.4, 0.5) is 11.5 Å². The first-order chi connectivity index (χ1) is 11.6. The molecular formula is C17H23N3O4S. The number of hydrogen-bond donors (Lipinski definition) is 1. The molecule has 1 aromatic carbocycles. The highest BCUT2D eigenvalue weighted by atomic mass is 32.2. The number of nitrogens with zero attached hydrogens (tertiary/aromatic N) is 2. The van der Waals surface area contributed by atoms with Gasteiger partial charge in [0, 0.05) is 6.07 Å². The summed E-state index contributed by atoms with van der Waals surface area (Å²) in [6.07, 6.45) is 1.09. The summed E-state index contributed by atoms with van der Waals surface area (Å²) in [4.78, 5) is 12.3. The largest absolute Gasteiger partial charge is 0.360 e. The molecule has 1 heterocycles. The number of hydrogen-bond acceptors (Lipinski definition) is 5. The lowest BCUT2D eigenvalue weighted by atomic mass is 9.98. The van der Waals surface area contributed by atoms with Crippen LogP contribution in [0, 0.1) is 13.8 Å². The van der Waals surface area contributed by atoms with Gasteiger partial charge in [0.25, 0.3) is 0 Å². The third-order valence-electron chi connectivity index (χ3n) is 3.72. The summed E-state index contributed by atoms with van der Waals surface area (Å²) in [5.74, 6) is 0.429. The van der Waals surface area contributed by atoms with E-state index in [4.69, 9.17) is 4.52 Å². The number of aromatic nitrogens is 1. The minimum absolute atomic E-state index is 0.111. The average Bonchev–Trinajstić information content (AvgIpc) is 2.88. The van der Waals surface area contributed by atoms with E-state index in [1.54, 1.807) is 13.0 Å². The van der Waals surface area contributed by atoms with Crippen molar-refractivity contribution in [3.8, 4) is 0 Å². The Morgan fingerprint density at radius 3 is 2.52 bits per heavy atom. The molecule has 0 bridgehead atoms. The van der Waals surface area contributed by atoms with Crippen molar-refractivity contribution in [3.63, 3.8) is 0 Å². The third kappa shape index (κ3) is 4.60. The van der Waals surface area contributed by atoms with Gasteiger partial charge in [-0.1, -0.05) is 37.2 Å². The van der Waals surface area contributed by atoms with Crippen LogP contribution < -0.4 is 9.62 Å². The van der Waals surface area contributed by atoms with Crippen LogP contribution >= 0.6 is 0 Å². The Kier molecular flexibility index (Phi) is 5.52. The number of para-hydroxylation sites is 1. The number of carbonyl (C=O) groups is 1. The van der Waals surface area contributed by atoms with Crippen molar-refractivity contribution in [2.45, 2.75) is 33.6 Å². The highest BCUT2D eigenvalue weighted by Crippen LogP contribution is 2.32. The van der Waals surface area contributed by atoms with E-state index in [1.807, 2.05) is 39.0 Å². The van der Waals surface area contributed by atoms with Gasteiger partial charge < -0.3 is 9.84 Å². The maximum absolute atomic E-state index is 12.4. The van der Waals surface area contributed by atoms with Gasteiger partial charge in [-0.15, -0.1) is 0 Å². The van der Waals surface area contributed by atoms with Crippen molar-refractivity contribution >= 4 is 27.4 Å². The fourth-order valence-electron chi connectivity index (χ4n) is 2.59. The molecule has 8 heteroatoms. The summed E-state index contributed by atoms with van der Waals surface area (Å²) < 4.78 is 30.8. The summed E-state index contributed by atoms with van der Waals surface area (Å²) in [5.41, 5.74) is 2.21. The van der Waals surface area contributed by atoms with Crippen LogP contribution in [0.25, 0.3) is 0 Å². The molecule has 0 aliphatic heterocycles. The van der Waals surface area contributed by atoms with Gasteiger partial charge >= 0.3 is 0 Å². The molecule has 0 unspecified atom stereocenters. The molecule has 1 amide bonds. The number of benzene rings is 1. The van der Waals surface area contributed by atoms with Gasteiger partial charge in [0.1, 0.15) is 12.3 Å². The Labute approximate surface area is 148 Å². The summed E-state index contributed by atoms with van der Waals surface area (Å²) >= 11 is 0. The molecule has 0 saturated carbocycles. The molecule has 0 fully saturated rings. The van der Waals surface area contributed by atoms with E-state index in [-0.39, 0.29) is 18.3 Å². The van der Waals surface area contributed by atoms with Gasteiger partial charge in [-0.3, -0.25) is 9.10 Å². The first kappa shape index (κ1) is 19.0. The quantitative estimate of drug-likeness (QED) is 0.850. The van der Waals surface area contributed by atoms with Crippen LogP contribution in [0.2, 0.25) is 0 Å². The van der Waals surface area contributed by atoms with Crippen molar-refractivity contribution in [1.82, 2.24) is 5.16 Å². The minimum Gasteiger partial charge on any atom is -0.360 e. The number of aryl methyl sites for hydroxylation is 2. The number of sulfonamides is 1. The van der Waals surface area contributed by atoms with Crippen LogP contribution in [-0.2, 0) is 14.8 Å². The average molecular weight is 365 g/mol. The molecule has 2 aromatic rings. The summed E-state index contributed by atoms with van der Waals surface area (Å²) in [5, 5.41) is 6.24. The van der Waals surface area contributed by atoms with Crippen molar-refractivity contribution in [3.05, 3.63) is 41.2 Å². The Morgan fingerprint density at radius 1 is 1.32 bits per heavy atom. The SMILES string of the molecule is Cc1cc(NC(=O)CN(c2c(C)cccc2C(C)C)S(C)(=O)=O)no1. The molecule has 25 heavy (non-hydrogen) atoms. The molecule has 0 aliphatic rings. The molecule has 2 rings (SSSR count). The number of anilines is 2. The van der Waals surface area contributed by atoms with Crippen molar-refractivity contribution < 1.29 is 17.7 Å². The molecule has 136 valence electrons. The van der Waals surface area contributed by atoms with Gasteiger partial charge in [-0.2, -0.15) is 0 Å². The fraction of sp³-hybridized carbons (Fsp3) is 0.412. The van der Waals surface area contributed by atoms with Gasteiger partial charge in [0.05, 0.1) is 11.9 Å². The van der Waals surface area contributed by atoms with Gasteiger partial charge in [0.15, 0.2) is 5.82 Å². The van der Waals surface area contributed by atoms with Crippen LogP contribution in [0.5, 0.6) is 0 Å². The lowest BCUT2D eigenvalue weighted by Gasteiger charge is -2.27. The third-order valence-corrected chi connectivity index (χ3v) is 4.84. The van der Waals surface area contributed by atoms with Crippen molar-refractivity contribution in [2.24, 2.45) is 0 Å². The molecule has 0 radical (unpaired) electrons. The van der Waals surface area contributed by atoms with E-state index in [1.165, 1.54) is 0 Å². The maximum atomic E-state index is 12.4. The molecule has 1 N–H and O–H groups in total. The highest BCUT2D eigenvalue weighted by molar-refractivity contribution is 7.92. The molecule has 7 nitrogen and oxygen atoms in total. The van der Waals surface area contributed by atoms with Gasteiger partial charge in [-0.05, 0) is 30.9 Å². The molecule has 0 spiro atoms. The van der Waals surface area contributed by atoms with Crippen LogP contribution in [0.3, 0.4) is 0 Å². The second-order valence-electron chi connectivity index (χ2n) is 6.31. The van der Waals surface area contributed by atoms with Crippen LogP contribution in [0.1, 0.15) is 36.7 Å². The van der Waals surface area contributed by atoms with Crippen LogP contribution in [0.15, 0.2) is 28.8 Å². The second kappa shape index (κ2) is 7.26. The normalized spacial score (nSPS) is 11.6. The summed E-state index contributed by atoms with van der Waals surface area (Å²) in [7, 11) is -3.65. The maximum Gasteiger partial charge on any atom is 0.246 e. The molecule has 0 atom stereocenters. The van der Waals surface area contributed by atoms with E-state index >= 15 is 0 Å². The number of carbonyl (C=O) groups excluding carboxylic acids is 1. The summed E-state index contributed by atoms with van der Waals surface area (Å²) in [6, 6.07) is 7.16. The van der Waals surface area contributed by atoms with Crippen LogP contribution in [-0.4, -0.2) is 32.3 Å². The van der Waals surface area contributed by atoms with Crippen molar-refractivity contribution in [2.75, 3.05) is 22.4 Å². The molecular weight excluding hydrogens is 342 g/mol. The predicted molar refractivity (Wildman–Crippen MR) is 97.3 cm³/mol. The monoisotopic (exact) mass is 365 g/mol. The lowest BCUT2D eigenvalue weighted by Crippen LogP contribution is -2.38. The van der Waals surface area contributed by atoms with E-state index in [9.17, 15) is 13.2 Å². The standard InChI is InChI=1S/C17H23N3O4S/c1-11(2)14-8-6-7-12(3)17(14)20(25(5,22)23)10-16(21)18-15-9-13(4)24-19-15/h6-9,11H,10H2,1-5H3,(H,18,19,21). The zero-order chi connectivity index (χ0) is 18.8. The highest BCUT2D eigenvalue weighted by Gasteiger charge is 2.26. The van der Waals surface area contributed by atoms with Gasteiger partial charge in [-0.25, -0.2) is 8.42 Å². The van der Waals surface area contributed by atoms with E-state index in [2.05, 4.69) is 10.5 Å². The van der Waals surface area contributed by atoms with E-state index in [0.717, 1.165) is 21.7 Å². The molecule has 0 aliphatic carbocycles. The smallest absolute Gasteiger partial charge is 0.246 e. The van der Waals surface area contributed by atoms with E-state index < -0.39 is 15.9 Å². The first-order valence-electron chi connectivity index (χ1n) is 7.90. The number of nitrogens with one attached hydrogen (secondary N) is 1. The molecule has 0 saturated heterocycles. The van der Waals surface area contributed by atoms with Gasteiger partial charge in [0.2, 0.25) is 15.9 Å². The zero-order valence-corrected chi connectivity index (χ0v) is 15.8. The fourth-order valence-corrected chi connectivity index (χ4v) is 3.52. The Morgan fingerprint density at radius 2 is 2.00 bits per heavy atom. The number of amides is 1. The van der Waals surface area contributed by atoms with Crippen molar-refractivity contribution in [1.29, 1.82) is 0 Å². The predicted octanol–water partition coefficient (Wildman–Crippen LogP) is 2.82. The minimum atomic E-state index is -3.65. The second-order valence-corrected chi connectivity index (χ2v) is 8.21. The topological polar surface area (TPSA) is 92.5 Å². The Hall–Kier alpha value is -2.35. The molecule has 1 aromatic heterocycles. The van der Waals surface area contributed by atoms with E-state index in [0.29, 0.717) is 11.4 Å². The first-order valence-corrected chi connectivity index (χ1v) is 9.75.